The lowest BCUT2D eigenvalue weighted by atomic mass is 9.99. The van der Waals surface area contributed by atoms with Gasteiger partial charge in [0.15, 0.2) is 0 Å². The Labute approximate surface area is 211 Å². The van der Waals surface area contributed by atoms with Crippen molar-refractivity contribution in [1.82, 2.24) is 14.8 Å². The number of pyridine rings is 1. The Balaban J connectivity index is 1.62. The molecule has 188 valence electrons. The Hall–Kier alpha value is -3.91. The summed E-state index contributed by atoms with van der Waals surface area (Å²) < 4.78 is 6.30. The molecule has 1 aromatic heterocycles. The molecule has 2 aromatic carbocycles. The van der Waals surface area contributed by atoms with E-state index in [1.165, 1.54) is 0 Å². The third-order valence-electron chi connectivity index (χ3n) is 6.45. The number of carbonyl (C=O) groups is 2. The number of benzene rings is 2. The van der Waals surface area contributed by atoms with Crippen molar-refractivity contribution in [1.29, 1.82) is 0 Å². The minimum atomic E-state index is -0.424. The van der Waals surface area contributed by atoms with E-state index in [0.717, 1.165) is 11.1 Å². The summed E-state index contributed by atoms with van der Waals surface area (Å²) in [7, 11) is 1.71. The van der Waals surface area contributed by atoms with Gasteiger partial charge in [0, 0.05) is 37.0 Å². The van der Waals surface area contributed by atoms with Crippen LogP contribution in [0.15, 0.2) is 72.9 Å². The number of nitrogens with one attached hydrogen (secondary N) is 1. The van der Waals surface area contributed by atoms with Gasteiger partial charge < -0.3 is 25.0 Å². The molecular formula is C28H32N4O4. The molecule has 0 saturated heterocycles. The topological polar surface area (TPSA) is 95.0 Å². The van der Waals surface area contributed by atoms with Gasteiger partial charge in [-0.25, -0.2) is 9.78 Å². The zero-order valence-electron chi connectivity index (χ0n) is 20.8. The Morgan fingerprint density at radius 2 is 1.83 bits per heavy atom. The van der Waals surface area contributed by atoms with Crippen LogP contribution < -0.4 is 10.1 Å². The number of aliphatic hydroxyl groups is 1. The number of hydrogen-bond donors (Lipinski definition) is 2. The molecule has 0 aliphatic carbocycles. The van der Waals surface area contributed by atoms with Crippen LogP contribution in [0.1, 0.15) is 24.2 Å². The van der Waals surface area contributed by atoms with Crippen LogP contribution in [0.5, 0.6) is 5.88 Å². The molecule has 2 heterocycles. The lowest BCUT2D eigenvalue weighted by Gasteiger charge is -2.37. The van der Waals surface area contributed by atoms with E-state index in [2.05, 4.69) is 10.3 Å². The van der Waals surface area contributed by atoms with E-state index >= 15 is 0 Å². The van der Waals surface area contributed by atoms with Crippen molar-refractivity contribution in [3.05, 3.63) is 78.5 Å². The number of fused-ring (bicyclic) bond motifs is 1. The van der Waals surface area contributed by atoms with E-state index in [4.69, 9.17) is 4.74 Å². The van der Waals surface area contributed by atoms with E-state index in [1.54, 1.807) is 29.1 Å². The van der Waals surface area contributed by atoms with Crippen LogP contribution >= 0.6 is 0 Å². The van der Waals surface area contributed by atoms with Crippen molar-refractivity contribution in [2.75, 3.05) is 32.1 Å². The smallest absolute Gasteiger partial charge is 0.321 e. The maximum Gasteiger partial charge on any atom is 0.321 e. The Morgan fingerprint density at radius 3 is 2.50 bits per heavy atom. The summed E-state index contributed by atoms with van der Waals surface area (Å²) in [6.45, 7) is 4.28. The van der Waals surface area contributed by atoms with Crippen molar-refractivity contribution in [2.45, 2.75) is 26.0 Å². The van der Waals surface area contributed by atoms with Gasteiger partial charge in [0.25, 0.3) is 5.91 Å². The van der Waals surface area contributed by atoms with Crippen LogP contribution in [0.4, 0.5) is 10.5 Å². The van der Waals surface area contributed by atoms with Crippen molar-refractivity contribution < 1.29 is 19.4 Å². The minimum absolute atomic E-state index is 0.126. The largest absolute Gasteiger partial charge is 0.472 e. The van der Waals surface area contributed by atoms with Gasteiger partial charge in [-0.1, -0.05) is 55.5 Å². The summed E-state index contributed by atoms with van der Waals surface area (Å²) in [4.78, 5) is 34.1. The van der Waals surface area contributed by atoms with Gasteiger partial charge in [0.05, 0.1) is 19.2 Å². The molecular weight excluding hydrogens is 456 g/mol. The highest BCUT2D eigenvalue weighted by Gasteiger charge is 2.34. The number of urea groups is 1. The molecule has 4 rings (SSSR count). The number of aliphatic hydroxyl groups excluding tert-OH is 1. The molecule has 3 amide bonds. The standard InChI is InChI=1S/C28H32N4O4/c1-19-16-32(20(2)18-33)27(34)24-14-22(21-10-6-4-7-11-21)15-29-26(24)36-25(19)17-31(3)28(35)30-23-12-8-5-9-13-23/h4-15,19-20,25,33H,16-18H2,1-3H3,(H,30,35)/t19-,20+,25+/m0/s1. The van der Waals surface area contributed by atoms with Crippen molar-refractivity contribution in [3.63, 3.8) is 0 Å². The number of ether oxygens (including phenoxy) is 1. The predicted octanol–water partition coefficient (Wildman–Crippen LogP) is 4.13. The zero-order chi connectivity index (χ0) is 25.7. The molecule has 8 heteroatoms. The normalized spacial score (nSPS) is 18.3. The van der Waals surface area contributed by atoms with E-state index in [9.17, 15) is 14.7 Å². The molecule has 0 unspecified atom stereocenters. The fourth-order valence-corrected chi connectivity index (χ4v) is 4.20. The second kappa shape index (κ2) is 11.2. The summed E-state index contributed by atoms with van der Waals surface area (Å²) >= 11 is 0. The molecule has 0 spiro atoms. The van der Waals surface area contributed by atoms with Gasteiger partial charge in [0.2, 0.25) is 5.88 Å². The third-order valence-corrected chi connectivity index (χ3v) is 6.45. The number of anilines is 1. The molecule has 2 N–H and O–H groups in total. The molecule has 3 aromatic rings. The highest BCUT2D eigenvalue weighted by atomic mass is 16.5. The van der Waals surface area contributed by atoms with Gasteiger partial charge in [-0.3, -0.25) is 4.79 Å². The first-order chi connectivity index (χ1) is 17.4. The number of carbonyl (C=O) groups excluding carboxylic acids is 2. The Kier molecular flexibility index (Phi) is 7.85. The molecule has 0 radical (unpaired) electrons. The molecule has 0 bridgehead atoms. The van der Waals surface area contributed by atoms with Crippen molar-refractivity contribution >= 4 is 17.6 Å². The lowest BCUT2D eigenvalue weighted by molar-refractivity contribution is 0.0356. The minimum Gasteiger partial charge on any atom is -0.472 e. The first kappa shape index (κ1) is 25.2. The monoisotopic (exact) mass is 488 g/mol. The summed E-state index contributed by atoms with van der Waals surface area (Å²) in [5, 5.41) is 12.7. The summed E-state index contributed by atoms with van der Waals surface area (Å²) in [5.74, 6) is -0.140. The summed E-state index contributed by atoms with van der Waals surface area (Å²) in [5.41, 5.74) is 2.78. The highest BCUT2D eigenvalue weighted by Crippen LogP contribution is 2.30. The first-order valence-corrected chi connectivity index (χ1v) is 12.1. The maximum atomic E-state index is 13.6. The van der Waals surface area contributed by atoms with Crippen LogP contribution in [0, 0.1) is 5.92 Å². The molecule has 36 heavy (non-hydrogen) atoms. The SMILES string of the molecule is C[C@H](CO)N1C[C@H](C)[C@@H](CN(C)C(=O)Nc2ccccc2)Oc2ncc(-c3ccccc3)cc2C1=O. The molecule has 0 fully saturated rings. The number of nitrogens with zero attached hydrogens (tertiary/aromatic N) is 3. The first-order valence-electron chi connectivity index (χ1n) is 12.1. The average molecular weight is 489 g/mol. The quantitative estimate of drug-likeness (QED) is 0.544. The van der Waals surface area contributed by atoms with Gasteiger partial charge in [-0.15, -0.1) is 0 Å². The number of amides is 3. The maximum absolute atomic E-state index is 13.6. The molecule has 3 atom stereocenters. The van der Waals surface area contributed by atoms with Crippen LogP contribution in [-0.2, 0) is 0 Å². The number of likely N-dealkylation sites (N-methyl/N-ethyl adjacent to an activating group) is 1. The summed E-state index contributed by atoms with van der Waals surface area (Å²) in [6, 6.07) is 20.1. The number of rotatable bonds is 6. The summed E-state index contributed by atoms with van der Waals surface area (Å²) in [6.07, 6.45) is 1.27. The number of aromatic nitrogens is 1. The van der Waals surface area contributed by atoms with Gasteiger partial charge >= 0.3 is 6.03 Å². The second-order valence-electron chi connectivity index (χ2n) is 9.24. The average Bonchev–Trinajstić information content (AvgIpc) is 2.91. The van der Waals surface area contributed by atoms with Crippen molar-refractivity contribution in [3.8, 4) is 17.0 Å². The Morgan fingerprint density at radius 1 is 1.17 bits per heavy atom. The van der Waals surface area contributed by atoms with Crippen LogP contribution in [-0.4, -0.2) is 70.7 Å². The zero-order valence-corrected chi connectivity index (χ0v) is 20.8. The van der Waals surface area contributed by atoms with Crippen LogP contribution in [0.25, 0.3) is 11.1 Å². The number of hydrogen-bond acceptors (Lipinski definition) is 5. The highest BCUT2D eigenvalue weighted by molar-refractivity contribution is 5.98. The molecule has 1 aliphatic heterocycles. The van der Waals surface area contributed by atoms with Gasteiger partial charge in [0.1, 0.15) is 11.7 Å². The van der Waals surface area contributed by atoms with E-state index in [0.29, 0.717) is 17.8 Å². The lowest BCUT2D eigenvalue weighted by Crippen LogP contribution is -2.50. The van der Waals surface area contributed by atoms with Crippen molar-refractivity contribution in [2.24, 2.45) is 5.92 Å². The van der Waals surface area contributed by atoms with E-state index < -0.39 is 6.10 Å². The third kappa shape index (κ3) is 5.66. The molecule has 0 saturated carbocycles. The van der Waals surface area contributed by atoms with Gasteiger partial charge in [-0.2, -0.15) is 0 Å². The van der Waals surface area contributed by atoms with Crippen LogP contribution in [0.3, 0.4) is 0 Å². The fourth-order valence-electron chi connectivity index (χ4n) is 4.20. The van der Waals surface area contributed by atoms with Crippen LogP contribution in [0.2, 0.25) is 0 Å². The second-order valence-corrected chi connectivity index (χ2v) is 9.24. The molecule has 8 nitrogen and oxygen atoms in total. The van der Waals surface area contributed by atoms with E-state index in [-0.39, 0.29) is 42.9 Å². The molecule has 1 aliphatic rings. The van der Waals surface area contributed by atoms with E-state index in [1.807, 2.05) is 74.5 Å². The fraction of sp³-hybridized carbons (Fsp3) is 0.321. The Bertz CT molecular complexity index is 1190. The number of para-hydroxylation sites is 1. The van der Waals surface area contributed by atoms with Gasteiger partial charge in [-0.05, 0) is 30.7 Å². The predicted molar refractivity (Wildman–Crippen MR) is 139 cm³/mol.